The lowest BCUT2D eigenvalue weighted by Gasteiger charge is -2.16. The molecule has 1 unspecified atom stereocenters. The van der Waals surface area contributed by atoms with Crippen LogP contribution in [0.3, 0.4) is 0 Å². The van der Waals surface area contributed by atoms with E-state index in [1.54, 1.807) is 25.1 Å². The first-order chi connectivity index (χ1) is 10.5. The first-order valence-corrected chi connectivity index (χ1v) is 6.54. The summed E-state index contributed by atoms with van der Waals surface area (Å²) in [5.74, 6) is -0.381. The number of methoxy groups -OCH3 is 1. The quantitative estimate of drug-likeness (QED) is 0.714. The molecule has 1 aromatic rings. The average Bonchev–Trinajstić information content (AvgIpc) is 2.50. The number of amides is 1. The molecule has 120 valence electrons. The second kappa shape index (κ2) is 8.56. The van der Waals surface area contributed by atoms with E-state index in [0.29, 0.717) is 11.5 Å². The SMILES string of the molecule is C=CCOC(=O)NC(C)c1ccc(OCC(=O)O)c(OC)c1. The van der Waals surface area contributed by atoms with Crippen molar-refractivity contribution >= 4 is 12.1 Å². The predicted octanol–water partition coefficient (Wildman–Crippen LogP) is 2.13. The first kappa shape index (κ1) is 17.4. The van der Waals surface area contributed by atoms with Gasteiger partial charge in [0.15, 0.2) is 18.1 Å². The molecule has 7 nitrogen and oxygen atoms in total. The molecule has 0 aliphatic carbocycles. The van der Waals surface area contributed by atoms with Gasteiger partial charge in [0.2, 0.25) is 0 Å². The molecule has 0 bridgehead atoms. The largest absolute Gasteiger partial charge is 0.493 e. The van der Waals surface area contributed by atoms with Crippen LogP contribution in [0.2, 0.25) is 0 Å². The molecular weight excluding hydrogens is 290 g/mol. The summed E-state index contributed by atoms with van der Waals surface area (Å²) in [7, 11) is 1.45. The number of ether oxygens (including phenoxy) is 3. The van der Waals surface area contributed by atoms with E-state index in [9.17, 15) is 9.59 Å². The standard InChI is InChI=1S/C15H19NO6/c1-4-7-21-15(19)16-10(2)11-5-6-12(13(8-11)20-3)22-9-14(17)18/h4-6,8,10H,1,7,9H2,2-3H3,(H,16,19)(H,17,18). The van der Waals surface area contributed by atoms with Gasteiger partial charge in [-0.3, -0.25) is 0 Å². The highest BCUT2D eigenvalue weighted by Gasteiger charge is 2.14. The molecule has 0 radical (unpaired) electrons. The Morgan fingerprint density at radius 2 is 2.14 bits per heavy atom. The summed E-state index contributed by atoms with van der Waals surface area (Å²) < 4.78 is 15.1. The third-order valence-corrected chi connectivity index (χ3v) is 2.71. The van der Waals surface area contributed by atoms with Crippen LogP contribution >= 0.6 is 0 Å². The highest BCUT2D eigenvalue weighted by Crippen LogP contribution is 2.30. The van der Waals surface area contributed by atoms with E-state index in [0.717, 1.165) is 5.56 Å². The Hall–Kier alpha value is -2.70. The van der Waals surface area contributed by atoms with E-state index in [2.05, 4.69) is 11.9 Å². The minimum absolute atomic E-state index is 0.129. The first-order valence-electron chi connectivity index (χ1n) is 6.54. The van der Waals surface area contributed by atoms with Gasteiger partial charge in [0, 0.05) is 0 Å². The van der Waals surface area contributed by atoms with Crippen LogP contribution < -0.4 is 14.8 Å². The normalized spacial score (nSPS) is 11.2. The van der Waals surface area contributed by atoms with Gasteiger partial charge in [-0.2, -0.15) is 0 Å². The van der Waals surface area contributed by atoms with Crippen molar-refractivity contribution in [1.82, 2.24) is 5.32 Å². The molecule has 0 aliphatic rings. The second-order valence-corrected chi connectivity index (χ2v) is 4.35. The molecule has 0 aliphatic heterocycles. The molecule has 7 heteroatoms. The van der Waals surface area contributed by atoms with E-state index < -0.39 is 18.7 Å². The molecule has 0 saturated carbocycles. The van der Waals surface area contributed by atoms with Crippen molar-refractivity contribution in [2.75, 3.05) is 20.3 Å². The van der Waals surface area contributed by atoms with Crippen LogP contribution in [-0.2, 0) is 9.53 Å². The number of carboxylic acids is 1. The Balaban J connectivity index is 2.76. The van der Waals surface area contributed by atoms with Gasteiger partial charge in [-0.05, 0) is 24.6 Å². The molecule has 0 fully saturated rings. The van der Waals surface area contributed by atoms with E-state index in [1.807, 2.05) is 0 Å². The Bertz CT molecular complexity index is 543. The average molecular weight is 309 g/mol. The van der Waals surface area contributed by atoms with Crippen molar-refractivity contribution in [3.63, 3.8) is 0 Å². The van der Waals surface area contributed by atoms with Crippen molar-refractivity contribution in [3.05, 3.63) is 36.4 Å². The van der Waals surface area contributed by atoms with Gasteiger partial charge in [-0.1, -0.05) is 18.7 Å². The number of alkyl carbamates (subject to hydrolysis) is 1. The fourth-order valence-corrected chi connectivity index (χ4v) is 1.65. The van der Waals surface area contributed by atoms with Crippen molar-refractivity contribution in [2.45, 2.75) is 13.0 Å². The van der Waals surface area contributed by atoms with Gasteiger partial charge in [0.1, 0.15) is 6.61 Å². The summed E-state index contributed by atoms with van der Waals surface area (Å²) in [5.41, 5.74) is 0.759. The number of carboxylic acid groups (broad SMARTS) is 1. The number of hydrogen-bond acceptors (Lipinski definition) is 5. The van der Waals surface area contributed by atoms with E-state index >= 15 is 0 Å². The minimum atomic E-state index is -1.08. The Morgan fingerprint density at radius 3 is 2.73 bits per heavy atom. The zero-order valence-electron chi connectivity index (χ0n) is 12.5. The molecule has 0 heterocycles. The topological polar surface area (TPSA) is 94.1 Å². The predicted molar refractivity (Wildman–Crippen MR) is 79.2 cm³/mol. The van der Waals surface area contributed by atoms with Crippen molar-refractivity contribution < 1.29 is 28.9 Å². The molecule has 0 spiro atoms. The van der Waals surface area contributed by atoms with Gasteiger partial charge >= 0.3 is 12.1 Å². The van der Waals surface area contributed by atoms with Crippen LogP contribution in [-0.4, -0.2) is 37.5 Å². The maximum Gasteiger partial charge on any atom is 0.407 e. The lowest BCUT2D eigenvalue weighted by Crippen LogP contribution is -2.27. The third kappa shape index (κ3) is 5.35. The van der Waals surface area contributed by atoms with Crippen LogP contribution in [0.5, 0.6) is 11.5 Å². The molecule has 1 aromatic carbocycles. The van der Waals surface area contributed by atoms with E-state index in [-0.39, 0.29) is 12.6 Å². The Morgan fingerprint density at radius 1 is 1.41 bits per heavy atom. The molecule has 22 heavy (non-hydrogen) atoms. The fourth-order valence-electron chi connectivity index (χ4n) is 1.65. The summed E-state index contributed by atoms with van der Waals surface area (Å²) in [4.78, 5) is 22.0. The maximum absolute atomic E-state index is 11.5. The molecule has 0 aromatic heterocycles. The van der Waals surface area contributed by atoms with Gasteiger partial charge < -0.3 is 24.6 Å². The molecule has 2 N–H and O–H groups in total. The van der Waals surface area contributed by atoms with Crippen molar-refractivity contribution in [3.8, 4) is 11.5 Å². The maximum atomic E-state index is 11.5. The highest BCUT2D eigenvalue weighted by atomic mass is 16.5. The number of aliphatic carboxylic acids is 1. The lowest BCUT2D eigenvalue weighted by atomic mass is 10.1. The Labute approximate surface area is 128 Å². The second-order valence-electron chi connectivity index (χ2n) is 4.35. The van der Waals surface area contributed by atoms with Crippen LogP contribution in [0, 0.1) is 0 Å². The van der Waals surface area contributed by atoms with Gasteiger partial charge in [-0.25, -0.2) is 9.59 Å². The number of nitrogens with one attached hydrogen (secondary N) is 1. The summed E-state index contributed by atoms with van der Waals surface area (Å²) in [5, 5.41) is 11.3. The van der Waals surface area contributed by atoms with Gasteiger partial charge in [0.05, 0.1) is 13.2 Å². The van der Waals surface area contributed by atoms with Crippen LogP contribution in [0.15, 0.2) is 30.9 Å². The minimum Gasteiger partial charge on any atom is -0.493 e. The van der Waals surface area contributed by atoms with Gasteiger partial charge in [-0.15, -0.1) is 0 Å². The fraction of sp³-hybridized carbons (Fsp3) is 0.333. The molecule has 0 saturated heterocycles. The number of carbonyl (C=O) groups excluding carboxylic acids is 1. The number of hydrogen-bond donors (Lipinski definition) is 2. The summed E-state index contributed by atoms with van der Waals surface area (Å²) >= 11 is 0. The molecule has 1 atom stereocenters. The molecular formula is C15H19NO6. The van der Waals surface area contributed by atoms with Crippen molar-refractivity contribution in [2.24, 2.45) is 0 Å². The number of carbonyl (C=O) groups is 2. The van der Waals surface area contributed by atoms with E-state index in [1.165, 1.54) is 13.2 Å². The van der Waals surface area contributed by atoms with Crippen LogP contribution in [0.1, 0.15) is 18.5 Å². The molecule has 1 amide bonds. The smallest absolute Gasteiger partial charge is 0.407 e. The lowest BCUT2D eigenvalue weighted by molar-refractivity contribution is -0.139. The van der Waals surface area contributed by atoms with Crippen LogP contribution in [0.4, 0.5) is 4.79 Å². The van der Waals surface area contributed by atoms with E-state index in [4.69, 9.17) is 19.3 Å². The van der Waals surface area contributed by atoms with Crippen LogP contribution in [0.25, 0.3) is 0 Å². The zero-order chi connectivity index (χ0) is 16.5. The van der Waals surface area contributed by atoms with Crippen molar-refractivity contribution in [1.29, 1.82) is 0 Å². The number of rotatable bonds is 8. The monoisotopic (exact) mass is 309 g/mol. The third-order valence-electron chi connectivity index (χ3n) is 2.71. The Kier molecular flexibility index (Phi) is 6.75. The van der Waals surface area contributed by atoms with Gasteiger partial charge in [0.25, 0.3) is 0 Å². The highest BCUT2D eigenvalue weighted by molar-refractivity contribution is 5.69. The summed E-state index contributed by atoms with van der Waals surface area (Å²) in [6.45, 7) is 4.90. The zero-order valence-corrected chi connectivity index (χ0v) is 12.5. The molecule has 1 rings (SSSR count). The number of benzene rings is 1. The summed E-state index contributed by atoms with van der Waals surface area (Å²) in [6, 6.07) is 4.64. The summed E-state index contributed by atoms with van der Waals surface area (Å²) in [6.07, 6.45) is 0.916.